The standard InChI is InChI=1S/C65H43NS/c1-5-19-44(20-6-1)45-35-39-50(40-36-45)66(51-41-37-47(38-42-51)52-30-17-31-56-54-28-15-16-34-61(54)67-64(52)56)60-33-18-32-59-62(60)58-43-57(46-21-7-2-8-22-46)53-27-13-14-29-55(53)63(58)65(59,48-23-9-3-10-24-48)49-25-11-4-12-26-49/h1-43H. The number of hydrogen-bond donors (Lipinski definition) is 0. The van der Waals surface area contributed by atoms with E-state index in [1.165, 1.54) is 97.7 Å². The van der Waals surface area contributed by atoms with Crippen LogP contribution in [0.1, 0.15) is 22.3 Å². The lowest BCUT2D eigenvalue weighted by atomic mass is 9.66. The van der Waals surface area contributed by atoms with Crippen LogP contribution in [0.3, 0.4) is 0 Å². The molecule has 0 aliphatic heterocycles. The lowest BCUT2D eigenvalue weighted by Gasteiger charge is -2.35. The van der Waals surface area contributed by atoms with E-state index in [2.05, 4.69) is 266 Å². The number of thiophene rings is 1. The van der Waals surface area contributed by atoms with Crippen molar-refractivity contribution in [2.45, 2.75) is 5.41 Å². The molecule has 0 N–H and O–H groups in total. The molecule has 0 bridgehead atoms. The van der Waals surface area contributed by atoms with Gasteiger partial charge in [0, 0.05) is 37.1 Å². The van der Waals surface area contributed by atoms with Crippen molar-refractivity contribution in [2.24, 2.45) is 0 Å². The van der Waals surface area contributed by atoms with Crippen molar-refractivity contribution in [3.8, 4) is 44.5 Å². The highest BCUT2D eigenvalue weighted by atomic mass is 32.1. The first-order chi connectivity index (χ1) is 33.3. The van der Waals surface area contributed by atoms with Crippen molar-refractivity contribution in [3.05, 3.63) is 283 Å². The van der Waals surface area contributed by atoms with E-state index >= 15 is 0 Å². The van der Waals surface area contributed by atoms with Gasteiger partial charge in [-0.1, -0.05) is 218 Å². The van der Waals surface area contributed by atoms with E-state index in [9.17, 15) is 0 Å². The number of rotatable bonds is 8. The van der Waals surface area contributed by atoms with E-state index in [1.807, 2.05) is 11.3 Å². The Kier molecular flexibility index (Phi) is 9.33. The summed E-state index contributed by atoms with van der Waals surface area (Å²) in [5, 5.41) is 5.13. The van der Waals surface area contributed by atoms with Gasteiger partial charge in [-0.05, 0) is 114 Å². The summed E-state index contributed by atoms with van der Waals surface area (Å²) in [5.41, 5.74) is 17.5. The van der Waals surface area contributed by atoms with Crippen LogP contribution in [0, 0.1) is 0 Å². The Morgan fingerprint density at radius 3 is 1.48 bits per heavy atom. The zero-order chi connectivity index (χ0) is 44.3. The Labute approximate surface area is 395 Å². The van der Waals surface area contributed by atoms with Crippen LogP contribution >= 0.6 is 11.3 Å². The third-order valence-electron chi connectivity index (χ3n) is 13.9. The smallest absolute Gasteiger partial charge is 0.0720 e. The number of benzene rings is 11. The first-order valence-electron chi connectivity index (χ1n) is 23.1. The van der Waals surface area contributed by atoms with Gasteiger partial charge in [0.15, 0.2) is 0 Å². The summed E-state index contributed by atoms with van der Waals surface area (Å²) in [6, 6.07) is 96.4. The second kappa shape index (κ2) is 16.0. The maximum Gasteiger partial charge on any atom is 0.0720 e. The summed E-state index contributed by atoms with van der Waals surface area (Å²) < 4.78 is 2.64. The molecular weight excluding hydrogens is 827 g/mol. The van der Waals surface area contributed by atoms with Crippen LogP contribution in [-0.2, 0) is 5.41 Å². The largest absolute Gasteiger partial charge is 0.310 e. The van der Waals surface area contributed by atoms with Crippen LogP contribution in [0.15, 0.2) is 261 Å². The normalized spacial score (nSPS) is 12.6. The molecule has 1 heterocycles. The predicted octanol–water partition coefficient (Wildman–Crippen LogP) is 18.0. The summed E-state index contributed by atoms with van der Waals surface area (Å²) >= 11 is 1.88. The van der Waals surface area contributed by atoms with Gasteiger partial charge in [0.1, 0.15) is 0 Å². The lowest BCUT2D eigenvalue weighted by Crippen LogP contribution is -2.29. The topological polar surface area (TPSA) is 3.24 Å². The predicted molar refractivity (Wildman–Crippen MR) is 285 cm³/mol. The molecule has 0 amide bonds. The first kappa shape index (κ1) is 39.1. The van der Waals surface area contributed by atoms with Crippen LogP contribution in [0.25, 0.3) is 75.5 Å². The van der Waals surface area contributed by atoms with Crippen LogP contribution in [0.5, 0.6) is 0 Å². The number of nitrogens with zero attached hydrogens (tertiary/aromatic N) is 1. The maximum absolute atomic E-state index is 2.49. The average molecular weight is 870 g/mol. The fourth-order valence-electron chi connectivity index (χ4n) is 11.1. The van der Waals surface area contributed by atoms with Gasteiger partial charge in [-0.2, -0.15) is 0 Å². The van der Waals surface area contributed by atoms with E-state index in [-0.39, 0.29) is 0 Å². The van der Waals surface area contributed by atoms with Crippen molar-refractivity contribution < 1.29 is 0 Å². The fourth-order valence-corrected chi connectivity index (χ4v) is 12.3. The monoisotopic (exact) mass is 869 g/mol. The van der Waals surface area contributed by atoms with Crippen molar-refractivity contribution in [1.82, 2.24) is 0 Å². The fraction of sp³-hybridized carbons (Fsp3) is 0.0154. The summed E-state index contributed by atoms with van der Waals surface area (Å²) in [7, 11) is 0. The Morgan fingerprint density at radius 1 is 0.328 bits per heavy atom. The Balaban J connectivity index is 1.09. The van der Waals surface area contributed by atoms with Gasteiger partial charge in [0.25, 0.3) is 0 Å². The molecule has 1 aromatic heterocycles. The molecule has 0 saturated heterocycles. The Bertz CT molecular complexity index is 3720. The first-order valence-corrected chi connectivity index (χ1v) is 23.9. The quantitative estimate of drug-likeness (QED) is 0.147. The minimum absolute atomic E-state index is 0.617. The molecule has 13 rings (SSSR count). The molecule has 1 aliphatic rings. The van der Waals surface area contributed by atoms with Crippen molar-refractivity contribution in [2.75, 3.05) is 4.90 Å². The molecule has 0 fully saturated rings. The van der Waals surface area contributed by atoms with Crippen LogP contribution in [-0.4, -0.2) is 0 Å². The molecule has 0 radical (unpaired) electrons. The zero-order valence-corrected chi connectivity index (χ0v) is 37.5. The highest BCUT2D eigenvalue weighted by Crippen LogP contribution is 2.62. The summed E-state index contributed by atoms with van der Waals surface area (Å²) in [5.74, 6) is 0. The highest BCUT2D eigenvalue weighted by molar-refractivity contribution is 7.26. The second-order valence-corrected chi connectivity index (χ2v) is 18.6. The molecule has 0 unspecified atom stereocenters. The highest BCUT2D eigenvalue weighted by Gasteiger charge is 2.49. The third-order valence-corrected chi connectivity index (χ3v) is 15.2. The molecule has 0 atom stereocenters. The maximum atomic E-state index is 2.49. The number of fused-ring (bicyclic) bond motifs is 8. The SMILES string of the molecule is c1ccc(-c2ccc(N(c3ccc(-c4cccc5c4sc4ccccc45)cc3)c3cccc4c3-c3cc(-c5ccccc5)c5ccccc5c3C4(c3ccccc3)c3ccccc3)cc2)cc1. The second-order valence-electron chi connectivity index (χ2n) is 17.5. The van der Waals surface area contributed by atoms with E-state index in [0.29, 0.717) is 0 Å². The van der Waals surface area contributed by atoms with E-state index in [4.69, 9.17) is 0 Å². The molecule has 12 aromatic rings. The third kappa shape index (κ3) is 6.22. The molecular formula is C65H43NS. The Morgan fingerprint density at radius 2 is 0.821 bits per heavy atom. The molecule has 11 aromatic carbocycles. The van der Waals surface area contributed by atoms with Crippen LogP contribution in [0.2, 0.25) is 0 Å². The summed E-state index contributed by atoms with van der Waals surface area (Å²) in [6.07, 6.45) is 0. The van der Waals surface area contributed by atoms with E-state index < -0.39 is 5.41 Å². The molecule has 1 aliphatic carbocycles. The number of hydrogen-bond acceptors (Lipinski definition) is 2. The van der Waals surface area contributed by atoms with Gasteiger partial charge in [0.2, 0.25) is 0 Å². The van der Waals surface area contributed by atoms with Gasteiger partial charge >= 0.3 is 0 Å². The minimum atomic E-state index is -0.617. The van der Waals surface area contributed by atoms with Crippen molar-refractivity contribution in [3.63, 3.8) is 0 Å². The molecule has 314 valence electrons. The summed E-state index contributed by atoms with van der Waals surface area (Å²) in [4.78, 5) is 2.49. The van der Waals surface area contributed by atoms with Crippen molar-refractivity contribution >= 4 is 59.3 Å². The van der Waals surface area contributed by atoms with Gasteiger partial charge in [-0.3, -0.25) is 0 Å². The summed E-state index contributed by atoms with van der Waals surface area (Å²) in [6.45, 7) is 0. The van der Waals surface area contributed by atoms with Crippen molar-refractivity contribution in [1.29, 1.82) is 0 Å². The van der Waals surface area contributed by atoms with Gasteiger partial charge < -0.3 is 4.90 Å². The molecule has 2 heteroatoms. The molecule has 67 heavy (non-hydrogen) atoms. The lowest BCUT2D eigenvalue weighted by molar-refractivity contribution is 0.775. The van der Waals surface area contributed by atoms with E-state index in [1.54, 1.807) is 0 Å². The Hall–Kier alpha value is -8.30. The molecule has 0 spiro atoms. The van der Waals surface area contributed by atoms with Gasteiger partial charge in [-0.15, -0.1) is 11.3 Å². The molecule has 0 saturated carbocycles. The van der Waals surface area contributed by atoms with Crippen LogP contribution < -0.4 is 4.90 Å². The zero-order valence-electron chi connectivity index (χ0n) is 36.7. The van der Waals surface area contributed by atoms with Gasteiger partial charge in [0.05, 0.1) is 11.1 Å². The minimum Gasteiger partial charge on any atom is -0.310 e. The average Bonchev–Trinajstić information content (AvgIpc) is 3.95. The van der Waals surface area contributed by atoms with Gasteiger partial charge in [-0.25, -0.2) is 0 Å². The van der Waals surface area contributed by atoms with Crippen LogP contribution in [0.4, 0.5) is 17.1 Å². The molecule has 1 nitrogen and oxygen atoms in total. The number of anilines is 3. The van der Waals surface area contributed by atoms with E-state index in [0.717, 1.165) is 17.1 Å².